The van der Waals surface area contributed by atoms with Gasteiger partial charge in [0.1, 0.15) is 6.29 Å². The van der Waals surface area contributed by atoms with E-state index in [2.05, 4.69) is 0 Å². The molecular weight excluding hydrogens is 284 g/mol. The molecule has 2 aliphatic carbocycles. The Labute approximate surface area is 143 Å². The molecule has 2 aliphatic rings. The van der Waals surface area contributed by atoms with Gasteiger partial charge >= 0.3 is 0 Å². The van der Waals surface area contributed by atoms with Crippen molar-refractivity contribution in [3.8, 4) is 0 Å². The molecule has 23 heavy (non-hydrogen) atoms. The summed E-state index contributed by atoms with van der Waals surface area (Å²) in [6.45, 7) is 0. The highest BCUT2D eigenvalue weighted by atomic mass is 16.5. The molecule has 1 atom stereocenters. The molecule has 2 rings (SSSR count). The zero-order valence-corrected chi connectivity index (χ0v) is 15.3. The topological polar surface area (TPSA) is 26.3 Å². The number of ether oxygens (including phenoxy) is 1. The molecule has 2 heteroatoms. The number of hydrogen-bond acceptors (Lipinski definition) is 2. The summed E-state index contributed by atoms with van der Waals surface area (Å²) in [6, 6.07) is 0. The Bertz CT molecular complexity index is 301. The molecule has 1 unspecified atom stereocenters. The molecule has 0 aromatic heterocycles. The summed E-state index contributed by atoms with van der Waals surface area (Å²) in [4.78, 5) is 10.8. The minimum atomic E-state index is 0.533. The number of rotatable bonds is 10. The fourth-order valence-electron chi connectivity index (χ4n) is 5.00. The van der Waals surface area contributed by atoms with Gasteiger partial charge in [0.15, 0.2) is 0 Å². The quantitative estimate of drug-likeness (QED) is 0.368. The third-order valence-corrected chi connectivity index (χ3v) is 6.54. The number of carbonyl (C=O) groups is 1. The van der Waals surface area contributed by atoms with Crippen molar-refractivity contribution in [1.82, 2.24) is 0 Å². The van der Waals surface area contributed by atoms with Crippen molar-refractivity contribution in [2.45, 2.75) is 102 Å². The van der Waals surface area contributed by atoms with Gasteiger partial charge in [0.05, 0.1) is 6.10 Å². The van der Waals surface area contributed by atoms with Gasteiger partial charge in [-0.3, -0.25) is 0 Å². The van der Waals surface area contributed by atoms with Gasteiger partial charge in [-0.25, -0.2) is 0 Å². The summed E-state index contributed by atoms with van der Waals surface area (Å²) in [5, 5.41) is 0. The zero-order chi connectivity index (χ0) is 16.3. The van der Waals surface area contributed by atoms with Crippen molar-refractivity contribution in [2.24, 2.45) is 17.8 Å². The lowest BCUT2D eigenvalue weighted by Crippen LogP contribution is -2.20. The number of aldehydes is 1. The first-order chi connectivity index (χ1) is 11.3. The standard InChI is InChI=1S/C21H38O2/c1-23-21-15-13-18(14-16-21)8-5-6-11-20(12-7-17-22)19-9-3-2-4-10-19/h17-21H,2-16H2,1H3. The maximum absolute atomic E-state index is 10.8. The van der Waals surface area contributed by atoms with E-state index < -0.39 is 0 Å². The molecule has 0 saturated heterocycles. The normalized spacial score (nSPS) is 27.7. The maximum atomic E-state index is 10.8. The van der Waals surface area contributed by atoms with Crippen LogP contribution < -0.4 is 0 Å². The van der Waals surface area contributed by atoms with E-state index in [-0.39, 0.29) is 0 Å². The Morgan fingerprint density at radius 3 is 2.35 bits per heavy atom. The Kier molecular flexibility index (Phi) is 9.26. The third-order valence-electron chi connectivity index (χ3n) is 6.54. The van der Waals surface area contributed by atoms with Crippen LogP contribution in [0.25, 0.3) is 0 Å². The highest BCUT2D eigenvalue weighted by Gasteiger charge is 2.24. The van der Waals surface area contributed by atoms with Crippen molar-refractivity contribution in [1.29, 1.82) is 0 Å². The molecule has 0 N–H and O–H groups in total. The molecule has 0 aromatic carbocycles. The molecule has 0 aliphatic heterocycles. The summed E-state index contributed by atoms with van der Waals surface area (Å²) in [7, 11) is 1.86. The lowest BCUT2D eigenvalue weighted by atomic mass is 9.75. The van der Waals surface area contributed by atoms with Crippen molar-refractivity contribution >= 4 is 6.29 Å². The third kappa shape index (κ3) is 6.95. The van der Waals surface area contributed by atoms with Crippen LogP contribution in [0.2, 0.25) is 0 Å². The SMILES string of the molecule is COC1CCC(CCCCC(CCC=O)C2CCCCC2)CC1. The highest BCUT2D eigenvalue weighted by molar-refractivity contribution is 5.49. The Balaban J connectivity index is 1.62. The summed E-state index contributed by atoms with van der Waals surface area (Å²) in [5.41, 5.74) is 0. The Morgan fingerprint density at radius 1 is 0.957 bits per heavy atom. The molecule has 2 nitrogen and oxygen atoms in total. The summed E-state index contributed by atoms with van der Waals surface area (Å²) in [5.74, 6) is 2.69. The fraction of sp³-hybridized carbons (Fsp3) is 0.952. The number of carbonyl (C=O) groups excluding carboxylic acids is 1. The van der Waals surface area contributed by atoms with E-state index in [1.54, 1.807) is 0 Å². The largest absolute Gasteiger partial charge is 0.381 e. The maximum Gasteiger partial charge on any atom is 0.120 e. The van der Waals surface area contributed by atoms with Crippen LogP contribution >= 0.6 is 0 Å². The minimum Gasteiger partial charge on any atom is -0.381 e. The number of hydrogen-bond donors (Lipinski definition) is 0. The van der Waals surface area contributed by atoms with Crippen LogP contribution in [0.5, 0.6) is 0 Å². The highest BCUT2D eigenvalue weighted by Crippen LogP contribution is 2.36. The van der Waals surface area contributed by atoms with Gasteiger partial charge in [0, 0.05) is 13.5 Å². The van der Waals surface area contributed by atoms with Crippen LogP contribution in [-0.2, 0) is 9.53 Å². The molecule has 0 amide bonds. The van der Waals surface area contributed by atoms with Crippen LogP contribution in [0.4, 0.5) is 0 Å². The van der Waals surface area contributed by atoms with Gasteiger partial charge in [-0.1, -0.05) is 57.8 Å². The lowest BCUT2D eigenvalue weighted by molar-refractivity contribution is -0.108. The van der Waals surface area contributed by atoms with Crippen molar-refractivity contribution in [3.05, 3.63) is 0 Å². The van der Waals surface area contributed by atoms with Crippen molar-refractivity contribution in [2.75, 3.05) is 7.11 Å². The van der Waals surface area contributed by atoms with E-state index in [9.17, 15) is 4.79 Å². The molecular formula is C21H38O2. The van der Waals surface area contributed by atoms with Crippen LogP contribution in [0, 0.1) is 17.8 Å². The summed E-state index contributed by atoms with van der Waals surface area (Å²) < 4.78 is 5.47. The van der Waals surface area contributed by atoms with Crippen LogP contribution in [0.15, 0.2) is 0 Å². The summed E-state index contributed by atoms with van der Waals surface area (Å²) in [6.07, 6.45) is 21.5. The predicted molar refractivity (Wildman–Crippen MR) is 96.6 cm³/mol. The molecule has 134 valence electrons. The number of unbranched alkanes of at least 4 members (excludes halogenated alkanes) is 1. The van der Waals surface area contributed by atoms with Crippen LogP contribution in [0.1, 0.15) is 96.3 Å². The van der Waals surface area contributed by atoms with Gasteiger partial charge in [-0.2, -0.15) is 0 Å². The zero-order valence-electron chi connectivity index (χ0n) is 15.3. The predicted octanol–water partition coefficient (Wildman–Crippen LogP) is 5.93. The molecule has 0 radical (unpaired) electrons. The average Bonchev–Trinajstić information content (AvgIpc) is 2.62. The Morgan fingerprint density at radius 2 is 1.70 bits per heavy atom. The second-order valence-electron chi connectivity index (χ2n) is 8.07. The van der Waals surface area contributed by atoms with Crippen LogP contribution in [-0.4, -0.2) is 19.5 Å². The minimum absolute atomic E-state index is 0.533. The smallest absolute Gasteiger partial charge is 0.120 e. The van der Waals surface area contributed by atoms with E-state index in [1.807, 2.05) is 7.11 Å². The molecule has 0 heterocycles. The average molecular weight is 323 g/mol. The lowest BCUT2D eigenvalue weighted by Gasteiger charge is -2.30. The van der Waals surface area contributed by atoms with Gasteiger partial charge in [-0.05, 0) is 49.9 Å². The molecule has 0 aromatic rings. The van der Waals surface area contributed by atoms with Crippen molar-refractivity contribution in [3.63, 3.8) is 0 Å². The molecule has 2 fully saturated rings. The summed E-state index contributed by atoms with van der Waals surface area (Å²) >= 11 is 0. The van der Waals surface area contributed by atoms with Crippen LogP contribution in [0.3, 0.4) is 0 Å². The number of methoxy groups -OCH3 is 1. The van der Waals surface area contributed by atoms with Gasteiger partial charge in [0.2, 0.25) is 0 Å². The fourth-order valence-corrected chi connectivity index (χ4v) is 5.00. The second-order valence-corrected chi connectivity index (χ2v) is 8.07. The molecule has 0 spiro atoms. The van der Waals surface area contributed by atoms with Crippen molar-refractivity contribution < 1.29 is 9.53 Å². The molecule has 2 saturated carbocycles. The first-order valence-corrected chi connectivity index (χ1v) is 10.3. The second kappa shape index (κ2) is 11.2. The van der Waals surface area contributed by atoms with E-state index in [1.165, 1.54) is 83.5 Å². The first kappa shape index (κ1) is 19.0. The van der Waals surface area contributed by atoms with E-state index >= 15 is 0 Å². The van der Waals surface area contributed by atoms with E-state index in [0.29, 0.717) is 6.10 Å². The monoisotopic (exact) mass is 322 g/mol. The Hall–Kier alpha value is -0.370. The molecule has 0 bridgehead atoms. The van der Waals surface area contributed by atoms with Gasteiger partial charge < -0.3 is 9.53 Å². The van der Waals surface area contributed by atoms with E-state index in [0.717, 1.165) is 36.9 Å². The first-order valence-electron chi connectivity index (χ1n) is 10.3. The van der Waals surface area contributed by atoms with E-state index in [4.69, 9.17) is 4.74 Å². The van der Waals surface area contributed by atoms with Gasteiger partial charge in [0.25, 0.3) is 0 Å². The van der Waals surface area contributed by atoms with Gasteiger partial charge in [-0.15, -0.1) is 0 Å².